The minimum Gasteiger partial charge on any atom is -0.374 e. The summed E-state index contributed by atoms with van der Waals surface area (Å²) < 4.78 is 33.4. The summed E-state index contributed by atoms with van der Waals surface area (Å²) in [5.41, 5.74) is 5.49. The maximum Gasteiger partial charge on any atom is 0.280 e. The van der Waals surface area contributed by atoms with Gasteiger partial charge in [0.1, 0.15) is 0 Å². The Balaban J connectivity index is 2.76. The Morgan fingerprint density at radius 2 is 2.19 bits per heavy atom. The lowest BCUT2D eigenvalue weighted by molar-refractivity contribution is -0.0224. The molecule has 1 saturated heterocycles. The first-order valence-electron chi connectivity index (χ1n) is 5.47. The maximum atomic E-state index is 12.0. The van der Waals surface area contributed by atoms with E-state index in [1.807, 2.05) is 6.92 Å². The Hall–Kier alpha value is -0.210. The van der Waals surface area contributed by atoms with Gasteiger partial charge >= 0.3 is 0 Å². The fraction of sp³-hybridized carbons (Fsp3) is 1.00. The molecule has 0 aromatic carbocycles. The lowest BCUT2D eigenvalue weighted by atomic mass is 10.2. The van der Waals surface area contributed by atoms with Crippen LogP contribution in [0.3, 0.4) is 0 Å². The molecule has 1 aliphatic heterocycles. The van der Waals surface area contributed by atoms with Crippen LogP contribution in [0.2, 0.25) is 0 Å². The van der Waals surface area contributed by atoms with Gasteiger partial charge in [-0.2, -0.15) is 17.4 Å². The van der Waals surface area contributed by atoms with E-state index in [-0.39, 0.29) is 18.2 Å². The number of nitrogens with zero attached hydrogens (tertiary/aromatic N) is 1. The van der Waals surface area contributed by atoms with E-state index in [1.165, 1.54) is 4.31 Å². The van der Waals surface area contributed by atoms with Crippen molar-refractivity contribution in [2.75, 3.05) is 19.7 Å². The fourth-order valence-electron chi connectivity index (χ4n) is 1.63. The molecule has 7 heteroatoms. The molecule has 1 rings (SSSR count). The second-order valence-corrected chi connectivity index (χ2v) is 6.04. The van der Waals surface area contributed by atoms with Crippen molar-refractivity contribution in [2.24, 2.45) is 5.73 Å². The van der Waals surface area contributed by atoms with Crippen molar-refractivity contribution in [3.05, 3.63) is 0 Å². The Labute approximate surface area is 97.3 Å². The zero-order valence-corrected chi connectivity index (χ0v) is 10.8. The molecular formula is C9H21N3O3S. The van der Waals surface area contributed by atoms with Crippen LogP contribution < -0.4 is 10.5 Å². The predicted octanol–water partition coefficient (Wildman–Crippen LogP) is -0.723. The quantitative estimate of drug-likeness (QED) is 0.690. The van der Waals surface area contributed by atoms with Gasteiger partial charge in [-0.25, -0.2) is 0 Å². The standard InChI is InChI=1S/C9H21N3O3S/c1-7(2)11-16(13,14)12-5-9(4-10)15-6-8(12)3/h7-9,11H,4-6,10H2,1-3H3. The monoisotopic (exact) mass is 251 g/mol. The smallest absolute Gasteiger partial charge is 0.280 e. The maximum absolute atomic E-state index is 12.0. The Bertz CT molecular complexity index is 318. The summed E-state index contributed by atoms with van der Waals surface area (Å²) in [4.78, 5) is 0. The van der Waals surface area contributed by atoms with Crippen molar-refractivity contribution >= 4 is 10.2 Å². The molecule has 3 N–H and O–H groups in total. The van der Waals surface area contributed by atoms with Crippen LogP contribution in [0.4, 0.5) is 0 Å². The number of rotatable bonds is 4. The molecular weight excluding hydrogens is 230 g/mol. The molecule has 2 atom stereocenters. The predicted molar refractivity (Wildman–Crippen MR) is 62.2 cm³/mol. The highest BCUT2D eigenvalue weighted by Gasteiger charge is 2.34. The summed E-state index contributed by atoms with van der Waals surface area (Å²) in [6, 6.07) is -0.268. The summed E-state index contributed by atoms with van der Waals surface area (Å²) in [5, 5.41) is 0. The fourth-order valence-corrected chi connectivity index (χ4v) is 3.26. The van der Waals surface area contributed by atoms with Crippen LogP contribution in [0.1, 0.15) is 20.8 Å². The minimum absolute atomic E-state index is 0.114. The van der Waals surface area contributed by atoms with Crippen LogP contribution in [0, 0.1) is 0 Å². The zero-order valence-electron chi connectivity index (χ0n) is 10.0. The highest BCUT2D eigenvalue weighted by Crippen LogP contribution is 2.14. The minimum atomic E-state index is -3.43. The van der Waals surface area contributed by atoms with Crippen molar-refractivity contribution < 1.29 is 13.2 Å². The van der Waals surface area contributed by atoms with Gasteiger partial charge in [0.15, 0.2) is 0 Å². The average Bonchev–Trinajstić information content (AvgIpc) is 2.16. The molecule has 0 spiro atoms. The number of nitrogens with one attached hydrogen (secondary N) is 1. The van der Waals surface area contributed by atoms with Gasteiger partial charge in [0.25, 0.3) is 10.2 Å². The number of nitrogens with two attached hydrogens (primary N) is 1. The largest absolute Gasteiger partial charge is 0.374 e. The third-order valence-corrected chi connectivity index (χ3v) is 4.30. The molecule has 0 aromatic heterocycles. The summed E-state index contributed by atoms with van der Waals surface area (Å²) in [6.07, 6.45) is -0.208. The summed E-state index contributed by atoms with van der Waals surface area (Å²) in [6.45, 7) is 6.46. The first-order valence-corrected chi connectivity index (χ1v) is 6.91. The van der Waals surface area contributed by atoms with E-state index in [1.54, 1.807) is 13.8 Å². The normalized spacial score (nSPS) is 28.6. The topological polar surface area (TPSA) is 84.7 Å². The Kier molecular flexibility index (Phi) is 4.69. The third kappa shape index (κ3) is 3.39. The van der Waals surface area contributed by atoms with Crippen molar-refractivity contribution in [1.29, 1.82) is 0 Å². The Morgan fingerprint density at radius 3 is 2.69 bits per heavy atom. The first kappa shape index (κ1) is 13.9. The van der Waals surface area contributed by atoms with Crippen LogP contribution in [-0.2, 0) is 14.9 Å². The summed E-state index contributed by atoms with van der Waals surface area (Å²) >= 11 is 0. The molecule has 6 nitrogen and oxygen atoms in total. The van der Waals surface area contributed by atoms with Crippen LogP contribution in [0.25, 0.3) is 0 Å². The summed E-state index contributed by atoms with van der Waals surface area (Å²) in [7, 11) is -3.43. The molecule has 0 aromatic rings. The van der Waals surface area contributed by atoms with Gasteiger partial charge in [0, 0.05) is 25.2 Å². The van der Waals surface area contributed by atoms with E-state index >= 15 is 0 Å². The molecule has 16 heavy (non-hydrogen) atoms. The second kappa shape index (κ2) is 5.42. The van der Waals surface area contributed by atoms with E-state index in [2.05, 4.69) is 4.72 Å². The van der Waals surface area contributed by atoms with Gasteiger partial charge in [-0.15, -0.1) is 0 Å². The van der Waals surface area contributed by atoms with E-state index in [0.717, 1.165) is 0 Å². The molecule has 96 valence electrons. The molecule has 1 heterocycles. The van der Waals surface area contributed by atoms with Crippen LogP contribution >= 0.6 is 0 Å². The van der Waals surface area contributed by atoms with Gasteiger partial charge < -0.3 is 10.5 Å². The second-order valence-electron chi connectivity index (χ2n) is 4.39. The Morgan fingerprint density at radius 1 is 1.56 bits per heavy atom. The molecule has 0 saturated carbocycles. The van der Waals surface area contributed by atoms with Gasteiger partial charge in [-0.05, 0) is 20.8 Å². The number of hydrogen-bond acceptors (Lipinski definition) is 4. The lowest BCUT2D eigenvalue weighted by Gasteiger charge is -2.36. The lowest BCUT2D eigenvalue weighted by Crippen LogP contribution is -2.56. The van der Waals surface area contributed by atoms with Crippen molar-refractivity contribution in [3.63, 3.8) is 0 Å². The van der Waals surface area contributed by atoms with Crippen LogP contribution in [-0.4, -0.2) is 50.6 Å². The van der Waals surface area contributed by atoms with Gasteiger partial charge in [-0.3, -0.25) is 0 Å². The van der Waals surface area contributed by atoms with Gasteiger partial charge in [0.05, 0.1) is 12.7 Å². The first-order chi connectivity index (χ1) is 7.36. The van der Waals surface area contributed by atoms with Crippen molar-refractivity contribution in [1.82, 2.24) is 9.03 Å². The third-order valence-electron chi connectivity index (χ3n) is 2.40. The highest BCUT2D eigenvalue weighted by molar-refractivity contribution is 7.87. The molecule has 1 fully saturated rings. The van der Waals surface area contributed by atoms with E-state index in [9.17, 15) is 8.42 Å². The highest BCUT2D eigenvalue weighted by atomic mass is 32.2. The molecule has 2 unspecified atom stereocenters. The number of ether oxygens (including phenoxy) is 1. The molecule has 1 aliphatic rings. The molecule has 0 aliphatic carbocycles. The van der Waals surface area contributed by atoms with Crippen LogP contribution in [0.5, 0.6) is 0 Å². The van der Waals surface area contributed by atoms with E-state index < -0.39 is 10.2 Å². The average molecular weight is 251 g/mol. The van der Waals surface area contributed by atoms with Gasteiger partial charge in [0.2, 0.25) is 0 Å². The van der Waals surface area contributed by atoms with E-state index in [0.29, 0.717) is 19.7 Å². The molecule has 0 radical (unpaired) electrons. The van der Waals surface area contributed by atoms with Crippen molar-refractivity contribution in [3.8, 4) is 0 Å². The van der Waals surface area contributed by atoms with E-state index in [4.69, 9.17) is 10.5 Å². The number of hydrogen-bond donors (Lipinski definition) is 2. The SMILES string of the molecule is CC(C)NS(=O)(=O)N1CC(CN)OCC1C. The zero-order chi connectivity index (χ0) is 12.3. The van der Waals surface area contributed by atoms with Crippen LogP contribution in [0.15, 0.2) is 0 Å². The molecule has 0 bridgehead atoms. The summed E-state index contributed by atoms with van der Waals surface area (Å²) in [5.74, 6) is 0. The van der Waals surface area contributed by atoms with Crippen molar-refractivity contribution in [2.45, 2.75) is 39.0 Å². The van der Waals surface area contributed by atoms with Gasteiger partial charge in [-0.1, -0.05) is 0 Å². The molecule has 0 amide bonds. The number of morpholine rings is 1.